The predicted octanol–water partition coefficient (Wildman–Crippen LogP) is 3.38. The molecule has 1 aromatic rings. The van der Waals surface area contributed by atoms with Gasteiger partial charge in [0.15, 0.2) is 5.82 Å². The molecular formula is C11H11Cl2FN2OS. The Hall–Kier alpha value is -0.910. The van der Waals surface area contributed by atoms with E-state index in [-0.39, 0.29) is 20.7 Å². The van der Waals surface area contributed by atoms with Crippen LogP contribution in [0.5, 0.6) is 0 Å². The molecule has 1 amide bonds. The lowest BCUT2D eigenvalue weighted by molar-refractivity contribution is -0.121. The SMILES string of the molecule is CC(C)(C(=O)Nc1cc(Cl)c(F)c(Cl)c1)C(N)=S. The molecule has 0 atom stereocenters. The molecule has 0 saturated carbocycles. The Balaban J connectivity index is 3.00. The van der Waals surface area contributed by atoms with Crippen molar-refractivity contribution in [3.8, 4) is 0 Å². The number of benzene rings is 1. The zero-order valence-corrected chi connectivity index (χ0v) is 12.0. The number of nitrogens with two attached hydrogens (primary N) is 1. The maximum Gasteiger partial charge on any atom is 0.236 e. The van der Waals surface area contributed by atoms with Crippen LogP contribution in [0.2, 0.25) is 10.0 Å². The molecule has 3 N–H and O–H groups in total. The lowest BCUT2D eigenvalue weighted by Crippen LogP contribution is -2.41. The summed E-state index contributed by atoms with van der Waals surface area (Å²) in [7, 11) is 0. The molecule has 0 saturated heterocycles. The van der Waals surface area contributed by atoms with Gasteiger partial charge in [-0.3, -0.25) is 4.79 Å². The van der Waals surface area contributed by atoms with Gasteiger partial charge in [0.2, 0.25) is 5.91 Å². The second-order valence-electron chi connectivity index (χ2n) is 4.20. The van der Waals surface area contributed by atoms with Crippen molar-refractivity contribution in [3.05, 3.63) is 28.0 Å². The molecule has 0 aliphatic rings. The molecule has 3 nitrogen and oxygen atoms in total. The highest BCUT2D eigenvalue weighted by Gasteiger charge is 2.31. The van der Waals surface area contributed by atoms with Crippen LogP contribution < -0.4 is 11.1 Å². The topological polar surface area (TPSA) is 55.1 Å². The molecule has 98 valence electrons. The minimum Gasteiger partial charge on any atom is -0.392 e. The second-order valence-corrected chi connectivity index (χ2v) is 5.45. The van der Waals surface area contributed by atoms with Crippen LogP contribution in [-0.2, 0) is 4.79 Å². The van der Waals surface area contributed by atoms with Gasteiger partial charge in [-0.25, -0.2) is 4.39 Å². The Morgan fingerprint density at radius 2 is 1.83 bits per heavy atom. The molecule has 0 radical (unpaired) electrons. The van der Waals surface area contributed by atoms with E-state index in [4.69, 9.17) is 41.2 Å². The van der Waals surface area contributed by atoms with Gasteiger partial charge in [-0.05, 0) is 26.0 Å². The summed E-state index contributed by atoms with van der Waals surface area (Å²) in [6.07, 6.45) is 0. The fourth-order valence-electron chi connectivity index (χ4n) is 1.03. The van der Waals surface area contributed by atoms with Crippen molar-refractivity contribution < 1.29 is 9.18 Å². The fraction of sp³-hybridized carbons (Fsp3) is 0.273. The number of hydrogen-bond donors (Lipinski definition) is 2. The van der Waals surface area contributed by atoms with Crippen LogP contribution in [0.1, 0.15) is 13.8 Å². The van der Waals surface area contributed by atoms with Crippen molar-refractivity contribution in [1.82, 2.24) is 0 Å². The van der Waals surface area contributed by atoms with Crippen LogP contribution in [0.25, 0.3) is 0 Å². The number of halogens is 3. The van der Waals surface area contributed by atoms with E-state index in [1.165, 1.54) is 12.1 Å². The molecule has 0 unspecified atom stereocenters. The van der Waals surface area contributed by atoms with Crippen LogP contribution in [0.15, 0.2) is 12.1 Å². The number of anilines is 1. The van der Waals surface area contributed by atoms with E-state index in [9.17, 15) is 9.18 Å². The standard InChI is InChI=1S/C11H11Cl2FN2OS/c1-11(2,9(15)18)10(17)16-5-3-6(12)8(14)7(13)4-5/h3-4H,1-2H3,(H2,15,18)(H,16,17). The van der Waals surface area contributed by atoms with Crippen molar-refractivity contribution in [3.63, 3.8) is 0 Å². The van der Waals surface area contributed by atoms with Gasteiger partial charge in [0.25, 0.3) is 0 Å². The summed E-state index contributed by atoms with van der Waals surface area (Å²) in [4.78, 5) is 12.0. The third-order valence-electron chi connectivity index (χ3n) is 2.43. The number of carbonyl (C=O) groups is 1. The second kappa shape index (κ2) is 5.38. The quantitative estimate of drug-likeness (QED) is 0.665. The van der Waals surface area contributed by atoms with E-state index in [0.717, 1.165) is 0 Å². The minimum atomic E-state index is -1.03. The highest BCUT2D eigenvalue weighted by molar-refractivity contribution is 7.80. The summed E-state index contributed by atoms with van der Waals surface area (Å²) in [6.45, 7) is 3.16. The van der Waals surface area contributed by atoms with E-state index >= 15 is 0 Å². The zero-order chi connectivity index (χ0) is 14.1. The van der Waals surface area contributed by atoms with Gasteiger partial charge in [-0.2, -0.15) is 0 Å². The predicted molar refractivity (Wildman–Crippen MR) is 75.6 cm³/mol. The molecule has 1 aromatic carbocycles. The van der Waals surface area contributed by atoms with Crippen molar-refractivity contribution in [2.45, 2.75) is 13.8 Å². The summed E-state index contributed by atoms with van der Waals surface area (Å²) in [5.41, 5.74) is 4.72. The van der Waals surface area contributed by atoms with Gasteiger partial charge in [0.1, 0.15) is 0 Å². The van der Waals surface area contributed by atoms with Gasteiger partial charge >= 0.3 is 0 Å². The molecule has 0 aromatic heterocycles. The van der Waals surface area contributed by atoms with Crippen LogP contribution in [-0.4, -0.2) is 10.9 Å². The highest BCUT2D eigenvalue weighted by atomic mass is 35.5. The van der Waals surface area contributed by atoms with Gasteiger partial charge in [-0.15, -0.1) is 0 Å². The van der Waals surface area contributed by atoms with Crippen molar-refractivity contribution in [2.75, 3.05) is 5.32 Å². The Bertz CT molecular complexity index is 497. The molecule has 0 aliphatic carbocycles. The summed E-state index contributed by atoms with van der Waals surface area (Å²) >= 11 is 16.0. The van der Waals surface area contributed by atoms with E-state index in [1.54, 1.807) is 13.8 Å². The maximum absolute atomic E-state index is 13.2. The molecule has 7 heteroatoms. The van der Waals surface area contributed by atoms with Crippen molar-refractivity contribution in [1.29, 1.82) is 0 Å². The number of rotatable bonds is 3. The Kier molecular flexibility index (Phi) is 4.53. The number of carbonyl (C=O) groups excluding carboxylic acids is 1. The lowest BCUT2D eigenvalue weighted by Gasteiger charge is -2.22. The molecule has 0 spiro atoms. The normalized spacial score (nSPS) is 11.2. The van der Waals surface area contributed by atoms with Crippen LogP contribution in [0, 0.1) is 11.2 Å². The molecular weight excluding hydrogens is 298 g/mol. The van der Waals surface area contributed by atoms with Crippen LogP contribution in [0.3, 0.4) is 0 Å². The van der Waals surface area contributed by atoms with Gasteiger partial charge < -0.3 is 11.1 Å². The first-order chi connectivity index (χ1) is 8.16. The van der Waals surface area contributed by atoms with Gasteiger partial charge in [0.05, 0.1) is 20.4 Å². The molecule has 0 bridgehead atoms. The van der Waals surface area contributed by atoms with E-state index in [1.807, 2.05) is 0 Å². The smallest absolute Gasteiger partial charge is 0.236 e. The summed E-state index contributed by atoms with van der Waals surface area (Å²) in [6, 6.07) is 2.52. The van der Waals surface area contributed by atoms with Gasteiger partial charge in [0, 0.05) is 5.69 Å². The van der Waals surface area contributed by atoms with E-state index in [0.29, 0.717) is 0 Å². The Morgan fingerprint density at radius 1 is 1.39 bits per heavy atom. The monoisotopic (exact) mass is 308 g/mol. The lowest BCUT2D eigenvalue weighted by atomic mass is 9.92. The number of hydrogen-bond acceptors (Lipinski definition) is 2. The first-order valence-electron chi connectivity index (χ1n) is 4.92. The first-order valence-corrected chi connectivity index (χ1v) is 6.08. The summed E-state index contributed by atoms with van der Waals surface area (Å²) in [5, 5.41) is 2.18. The average molecular weight is 309 g/mol. The largest absolute Gasteiger partial charge is 0.392 e. The third kappa shape index (κ3) is 3.10. The van der Waals surface area contributed by atoms with Crippen molar-refractivity contribution in [2.24, 2.45) is 11.1 Å². The van der Waals surface area contributed by atoms with Crippen LogP contribution in [0.4, 0.5) is 10.1 Å². The Labute approximate surface area is 119 Å². The zero-order valence-electron chi connectivity index (χ0n) is 9.68. The first kappa shape index (κ1) is 15.1. The maximum atomic E-state index is 13.2. The number of nitrogens with one attached hydrogen (secondary N) is 1. The number of amides is 1. The van der Waals surface area contributed by atoms with E-state index in [2.05, 4.69) is 5.32 Å². The summed E-state index contributed by atoms with van der Waals surface area (Å²) < 4.78 is 13.2. The van der Waals surface area contributed by atoms with Crippen LogP contribution >= 0.6 is 35.4 Å². The summed E-state index contributed by atoms with van der Waals surface area (Å²) in [5.74, 6) is -1.15. The molecule has 1 rings (SSSR count). The fourth-order valence-corrected chi connectivity index (χ4v) is 1.61. The average Bonchev–Trinajstić information content (AvgIpc) is 2.25. The third-order valence-corrected chi connectivity index (χ3v) is 3.49. The molecule has 18 heavy (non-hydrogen) atoms. The molecule has 0 fully saturated rings. The minimum absolute atomic E-state index is 0.0549. The van der Waals surface area contributed by atoms with Crippen molar-refractivity contribution >= 4 is 52.0 Å². The number of thiocarbonyl (C=S) groups is 1. The molecule has 0 aliphatic heterocycles. The Morgan fingerprint density at radius 3 is 2.22 bits per heavy atom. The van der Waals surface area contributed by atoms with Gasteiger partial charge in [-0.1, -0.05) is 35.4 Å². The van der Waals surface area contributed by atoms with E-state index < -0.39 is 17.1 Å². The highest BCUT2D eigenvalue weighted by Crippen LogP contribution is 2.28. The molecule has 0 heterocycles.